The molecule has 1 unspecified atom stereocenters. The molecule has 0 spiro atoms. The Morgan fingerprint density at radius 2 is 1.76 bits per heavy atom. The molecule has 0 saturated carbocycles. The van der Waals surface area contributed by atoms with Crippen molar-refractivity contribution in [3.63, 3.8) is 0 Å². The highest BCUT2D eigenvalue weighted by Gasteiger charge is 2.22. The lowest BCUT2D eigenvalue weighted by Crippen LogP contribution is -2.44. The van der Waals surface area contributed by atoms with Crippen LogP contribution in [0.3, 0.4) is 0 Å². The fraction of sp³-hybridized carbons (Fsp3) is 0.682. The lowest BCUT2D eigenvalue weighted by molar-refractivity contribution is 0.290. The van der Waals surface area contributed by atoms with Crippen LogP contribution in [-0.4, -0.2) is 69.2 Å². The Morgan fingerprint density at radius 1 is 1.10 bits per heavy atom. The van der Waals surface area contributed by atoms with E-state index in [1.165, 1.54) is 37.1 Å². The molecule has 6 nitrogen and oxygen atoms in total. The summed E-state index contributed by atoms with van der Waals surface area (Å²) in [7, 11) is 3.39. The molecule has 164 valence electrons. The minimum absolute atomic E-state index is 0. The van der Waals surface area contributed by atoms with Gasteiger partial charge in [0.1, 0.15) is 0 Å². The van der Waals surface area contributed by atoms with Crippen LogP contribution in [0.4, 0.5) is 0 Å². The molecule has 0 radical (unpaired) electrons. The first-order valence-electron chi connectivity index (χ1n) is 10.6. The van der Waals surface area contributed by atoms with Crippen molar-refractivity contribution in [1.82, 2.24) is 15.1 Å². The summed E-state index contributed by atoms with van der Waals surface area (Å²) in [4.78, 5) is 9.91. The first-order valence-corrected chi connectivity index (χ1v) is 10.6. The Kier molecular flexibility index (Phi) is 9.82. The van der Waals surface area contributed by atoms with E-state index in [0.29, 0.717) is 5.92 Å². The van der Waals surface area contributed by atoms with E-state index in [1.54, 1.807) is 14.2 Å². The van der Waals surface area contributed by atoms with Crippen molar-refractivity contribution >= 4 is 29.9 Å². The number of methoxy groups -OCH3 is 2. The third-order valence-electron chi connectivity index (χ3n) is 5.67. The van der Waals surface area contributed by atoms with Crippen molar-refractivity contribution in [2.75, 3.05) is 53.5 Å². The van der Waals surface area contributed by atoms with Crippen molar-refractivity contribution in [3.05, 3.63) is 23.3 Å². The zero-order chi connectivity index (χ0) is 19.9. The van der Waals surface area contributed by atoms with E-state index >= 15 is 0 Å². The van der Waals surface area contributed by atoms with Crippen LogP contribution in [0.1, 0.15) is 37.8 Å². The number of likely N-dealkylation sites (tertiary alicyclic amines) is 1. The predicted octanol–water partition coefficient (Wildman–Crippen LogP) is 3.38. The Morgan fingerprint density at radius 3 is 2.38 bits per heavy atom. The smallest absolute Gasteiger partial charge is 0.194 e. The summed E-state index contributed by atoms with van der Waals surface area (Å²) < 4.78 is 10.9. The van der Waals surface area contributed by atoms with Crippen LogP contribution >= 0.6 is 24.0 Å². The average molecular weight is 516 g/mol. The summed E-state index contributed by atoms with van der Waals surface area (Å²) in [6.45, 7) is 11.7. The molecule has 1 saturated heterocycles. The quantitative estimate of drug-likeness (QED) is 0.342. The number of halogens is 1. The number of hydrogen-bond donors (Lipinski definition) is 1. The molecular weight excluding hydrogens is 479 g/mol. The molecular formula is C22H37IN4O2. The van der Waals surface area contributed by atoms with Gasteiger partial charge in [0.25, 0.3) is 0 Å². The fourth-order valence-electron chi connectivity index (χ4n) is 4.20. The average Bonchev–Trinajstić information content (AvgIpc) is 3.22. The number of ether oxygens (including phenoxy) is 2. The summed E-state index contributed by atoms with van der Waals surface area (Å²) in [5.74, 6) is 3.21. The zero-order valence-corrected chi connectivity index (χ0v) is 20.7. The molecule has 0 amide bonds. The molecule has 1 N–H and O–H groups in total. The van der Waals surface area contributed by atoms with Gasteiger partial charge in [0.2, 0.25) is 0 Å². The van der Waals surface area contributed by atoms with Gasteiger partial charge in [-0.1, -0.05) is 6.92 Å². The van der Waals surface area contributed by atoms with Crippen LogP contribution in [-0.2, 0) is 13.0 Å². The highest BCUT2D eigenvalue weighted by Crippen LogP contribution is 2.33. The molecule has 1 atom stereocenters. The molecule has 2 aliphatic rings. The maximum absolute atomic E-state index is 5.49. The van der Waals surface area contributed by atoms with Crippen molar-refractivity contribution in [3.8, 4) is 11.5 Å². The Balaban J connectivity index is 0.00000300. The van der Waals surface area contributed by atoms with Gasteiger partial charge < -0.3 is 24.6 Å². The minimum atomic E-state index is 0. The number of aliphatic imine (C=N–C) groups is 1. The second kappa shape index (κ2) is 11.8. The standard InChI is InChI=1S/C22H36N4O2.HI/c1-5-23-22(24-14-17(2)15-25-9-6-7-10-25)26-11-8-18-12-20(27-3)21(28-4)13-19(18)16-26;/h12-13,17H,5-11,14-16H2,1-4H3,(H,23,24);1H. The van der Waals surface area contributed by atoms with E-state index in [-0.39, 0.29) is 24.0 Å². The summed E-state index contributed by atoms with van der Waals surface area (Å²) in [6.07, 6.45) is 3.68. The van der Waals surface area contributed by atoms with Gasteiger partial charge in [-0.05, 0) is 68.5 Å². The Hall–Kier alpha value is -1.22. The van der Waals surface area contributed by atoms with Crippen LogP contribution in [0.5, 0.6) is 11.5 Å². The molecule has 0 aliphatic carbocycles. The first-order chi connectivity index (χ1) is 13.6. The van der Waals surface area contributed by atoms with Crippen molar-refractivity contribution in [2.24, 2.45) is 10.9 Å². The van der Waals surface area contributed by atoms with Gasteiger partial charge in [0.15, 0.2) is 17.5 Å². The third kappa shape index (κ3) is 6.38. The highest BCUT2D eigenvalue weighted by molar-refractivity contribution is 14.0. The predicted molar refractivity (Wildman–Crippen MR) is 130 cm³/mol. The number of nitrogens with zero attached hydrogens (tertiary/aromatic N) is 3. The molecule has 2 aliphatic heterocycles. The largest absolute Gasteiger partial charge is 0.493 e. The molecule has 3 rings (SSSR count). The molecule has 0 aromatic heterocycles. The van der Waals surface area contributed by atoms with E-state index in [9.17, 15) is 0 Å². The Labute approximate surface area is 193 Å². The van der Waals surface area contributed by atoms with Crippen molar-refractivity contribution in [1.29, 1.82) is 0 Å². The molecule has 1 aromatic carbocycles. The summed E-state index contributed by atoms with van der Waals surface area (Å²) in [5, 5.41) is 3.49. The van der Waals surface area contributed by atoms with Crippen LogP contribution in [0.2, 0.25) is 0 Å². The lowest BCUT2D eigenvalue weighted by Gasteiger charge is -2.32. The SMILES string of the molecule is CCNC(=NCC(C)CN1CCCC1)N1CCc2cc(OC)c(OC)cc2C1.I. The van der Waals surface area contributed by atoms with Gasteiger partial charge in [-0.15, -0.1) is 24.0 Å². The Bertz CT molecular complexity index is 677. The van der Waals surface area contributed by atoms with E-state index in [0.717, 1.165) is 56.6 Å². The van der Waals surface area contributed by atoms with Crippen LogP contribution in [0.25, 0.3) is 0 Å². The van der Waals surface area contributed by atoms with Gasteiger partial charge >= 0.3 is 0 Å². The van der Waals surface area contributed by atoms with Gasteiger partial charge in [-0.25, -0.2) is 0 Å². The van der Waals surface area contributed by atoms with Gasteiger partial charge in [0.05, 0.1) is 14.2 Å². The van der Waals surface area contributed by atoms with Crippen molar-refractivity contribution in [2.45, 2.75) is 39.7 Å². The van der Waals surface area contributed by atoms with Gasteiger partial charge in [-0.2, -0.15) is 0 Å². The molecule has 1 aromatic rings. The molecule has 1 fully saturated rings. The fourth-order valence-corrected chi connectivity index (χ4v) is 4.20. The van der Waals surface area contributed by atoms with Crippen LogP contribution < -0.4 is 14.8 Å². The monoisotopic (exact) mass is 516 g/mol. The number of nitrogens with one attached hydrogen (secondary N) is 1. The number of benzene rings is 1. The van der Waals surface area contributed by atoms with Crippen LogP contribution in [0, 0.1) is 5.92 Å². The number of guanidine groups is 1. The van der Waals surface area contributed by atoms with Crippen molar-refractivity contribution < 1.29 is 9.47 Å². The van der Waals surface area contributed by atoms with E-state index in [2.05, 4.69) is 41.1 Å². The molecule has 7 heteroatoms. The second-order valence-electron chi connectivity index (χ2n) is 7.95. The minimum Gasteiger partial charge on any atom is -0.493 e. The second-order valence-corrected chi connectivity index (χ2v) is 7.95. The van der Waals surface area contributed by atoms with Crippen LogP contribution in [0.15, 0.2) is 17.1 Å². The van der Waals surface area contributed by atoms with E-state index in [1.807, 2.05) is 0 Å². The first kappa shape index (κ1) is 24.1. The summed E-state index contributed by atoms with van der Waals surface area (Å²) in [5.41, 5.74) is 2.63. The lowest BCUT2D eigenvalue weighted by atomic mass is 9.99. The number of rotatable bonds is 7. The summed E-state index contributed by atoms with van der Waals surface area (Å²) >= 11 is 0. The number of fused-ring (bicyclic) bond motifs is 1. The molecule has 29 heavy (non-hydrogen) atoms. The maximum Gasteiger partial charge on any atom is 0.194 e. The van der Waals surface area contributed by atoms with Gasteiger partial charge in [-0.3, -0.25) is 4.99 Å². The highest BCUT2D eigenvalue weighted by atomic mass is 127. The summed E-state index contributed by atoms with van der Waals surface area (Å²) in [6, 6.07) is 4.23. The van der Waals surface area contributed by atoms with Gasteiger partial charge in [0, 0.05) is 32.7 Å². The number of hydrogen-bond acceptors (Lipinski definition) is 4. The third-order valence-corrected chi connectivity index (χ3v) is 5.67. The molecule has 0 bridgehead atoms. The normalized spacial score (nSPS) is 18.1. The molecule has 2 heterocycles. The topological polar surface area (TPSA) is 49.3 Å². The zero-order valence-electron chi connectivity index (χ0n) is 18.4. The maximum atomic E-state index is 5.49. The van der Waals surface area contributed by atoms with E-state index in [4.69, 9.17) is 14.5 Å². The van der Waals surface area contributed by atoms with E-state index < -0.39 is 0 Å².